The van der Waals surface area contributed by atoms with Gasteiger partial charge in [-0.05, 0) is 38.8 Å². The normalized spacial score (nSPS) is 20.3. The Morgan fingerprint density at radius 1 is 1.19 bits per heavy atom. The van der Waals surface area contributed by atoms with E-state index in [1.54, 1.807) is 10.9 Å². The van der Waals surface area contributed by atoms with Crippen molar-refractivity contribution in [3.8, 4) is 0 Å². The van der Waals surface area contributed by atoms with Gasteiger partial charge in [0.05, 0.1) is 18.8 Å². The average molecular weight is 370 g/mol. The number of aromatic nitrogens is 4. The fourth-order valence-electron chi connectivity index (χ4n) is 3.81. The predicted molar refractivity (Wildman–Crippen MR) is 101 cm³/mol. The van der Waals surface area contributed by atoms with Crippen LogP contribution in [-0.4, -0.2) is 69.7 Å². The number of carbonyl (C=O) groups excluding carboxylic acids is 1. The van der Waals surface area contributed by atoms with Crippen molar-refractivity contribution in [1.82, 2.24) is 24.9 Å². The van der Waals surface area contributed by atoms with Gasteiger partial charge >= 0.3 is 0 Å². The molecule has 0 bridgehead atoms. The molecule has 0 aromatic carbocycles. The van der Waals surface area contributed by atoms with Crippen molar-refractivity contribution in [1.29, 1.82) is 0 Å². The summed E-state index contributed by atoms with van der Waals surface area (Å²) in [5.41, 5.74) is 3.63. The Balaban J connectivity index is 1.35. The third-order valence-corrected chi connectivity index (χ3v) is 5.17. The fraction of sp³-hybridized carbons (Fsp3) is 0.579. The summed E-state index contributed by atoms with van der Waals surface area (Å²) < 4.78 is 7.34. The number of aryl methyl sites for hydroxylation is 2. The maximum absolute atomic E-state index is 12.8. The summed E-state index contributed by atoms with van der Waals surface area (Å²) in [6.45, 7) is 8.46. The highest BCUT2D eigenvalue weighted by atomic mass is 16.5. The van der Waals surface area contributed by atoms with Crippen LogP contribution in [0.15, 0.2) is 18.3 Å². The number of nitrogens with zero attached hydrogens (tertiary/aromatic N) is 6. The van der Waals surface area contributed by atoms with E-state index in [9.17, 15) is 4.79 Å². The van der Waals surface area contributed by atoms with E-state index in [0.717, 1.165) is 43.9 Å². The van der Waals surface area contributed by atoms with E-state index in [2.05, 4.69) is 32.3 Å². The second-order valence-electron chi connectivity index (χ2n) is 7.35. The molecule has 1 atom stereocenters. The van der Waals surface area contributed by atoms with Crippen LogP contribution < -0.4 is 4.90 Å². The van der Waals surface area contributed by atoms with E-state index >= 15 is 0 Å². The van der Waals surface area contributed by atoms with Crippen LogP contribution in [0.2, 0.25) is 0 Å². The monoisotopic (exact) mass is 370 g/mol. The van der Waals surface area contributed by atoms with Gasteiger partial charge in [0, 0.05) is 49.9 Å². The molecule has 4 heterocycles. The molecule has 8 heteroatoms. The lowest BCUT2D eigenvalue weighted by Crippen LogP contribution is -2.49. The van der Waals surface area contributed by atoms with Crippen molar-refractivity contribution < 1.29 is 9.53 Å². The van der Waals surface area contributed by atoms with E-state index in [-0.39, 0.29) is 12.0 Å². The zero-order chi connectivity index (χ0) is 18.8. The molecule has 4 rings (SSSR count). The Labute approximate surface area is 159 Å². The fourth-order valence-corrected chi connectivity index (χ4v) is 3.81. The molecule has 0 spiro atoms. The number of amides is 1. The summed E-state index contributed by atoms with van der Waals surface area (Å²) in [5, 5.41) is 8.18. The van der Waals surface area contributed by atoms with Crippen LogP contribution in [0.1, 0.15) is 34.7 Å². The second-order valence-corrected chi connectivity index (χ2v) is 7.35. The molecule has 0 saturated carbocycles. The van der Waals surface area contributed by atoms with Crippen LogP contribution in [0.25, 0.3) is 0 Å². The van der Waals surface area contributed by atoms with Gasteiger partial charge in [0.15, 0.2) is 5.69 Å². The summed E-state index contributed by atoms with van der Waals surface area (Å²) >= 11 is 0. The van der Waals surface area contributed by atoms with Crippen molar-refractivity contribution >= 4 is 11.6 Å². The van der Waals surface area contributed by atoms with Crippen LogP contribution in [0.3, 0.4) is 0 Å². The third kappa shape index (κ3) is 4.10. The van der Waals surface area contributed by atoms with Gasteiger partial charge in [0.2, 0.25) is 0 Å². The van der Waals surface area contributed by atoms with E-state index in [1.807, 2.05) is 18.7 Å². The Kier molecular flexibility index (Phi) is 5.07. The predicted octanol–water partition coefficient (Wildman–Crippen LogP) is 1.43. The molecule has 1 unspecified atom stereocenters. The number of anilines is 1. The molecular weight excluding hydrogens is 344 g/mol. The molecule has 0 aliphatic carbocycles. The summed E-state index contributed by atoms with van der Waals surface area (Å²) in [4.78, 5) is 21.3. The molecule has 27 heavy (non-hydrogen) atoms. The number of hydrogen-bond donors (Lipinski definition) is 0. The third-order valence-electron chi connectivity index (χ3n) is 5.17. The number of ether oxygens (including phenoxy) is 1. The largest absolute Gasteiger partial charge is 0.376 e. The van der Waals surface area contributed by atoms with Gasteiger partial charge in [0.25, 0.3) is 5.91 Å². The first kappa shape index (κ1) is 17.9. The van der Waals surface area contributed by atoms with Crippen LogP contribution in [0, 0.1) is 13.8 Å². The number of carbonyl (C=O) groups is 1. The van der Waals surface area contributed by atoms with Crippen molar-refractivity contribution in [2.45, 2.75) is 39.3 Å². The topological polar surface area (TPSA) is 76.4 Å². The highest BCUT2D eigenvalue weighted by Crippen LogP contribution is 2.19. The Morgan fingerprint density at radius 2 is 1.93 bits per heavy atom. The molecular formula is C19H26N6O2. The van der Waals surface area contributed by atoms with Gasteiger partial charge in [-0.2, -0.15) is 0 Å². The molecule has 0 N–H and O–H groups in total. The average Bonchev–Trinajstić information content (AvgIpc) is 3.33. The van der Waals surface area contributed by atoms with Crippen molar-refractivity contribution in [3.05, 3.63) is 35.4 Å². The van der Waals surface area contributed by atoms with Crippen LogP contribution in [0.5, 0.6) is 0 Å². The molecule has 2 aromatic heterocycles. The zero-order valence-electron chi connectivity index (χ0n) is 16.0. The number of rotatable bonds is 4. The van der Waals surface area contributed by atoms with Gasteiger partial charge in [-0.15, -0.1) is 5.10 Å². The first-order chi connectivity index (χ1) is 13.1. The molecule has 2 fully saturated rings. The molecule has 8 nitrogen and oxygen atoms in total. The first-order valence-corrected chi connectivity index (χ1v) is 9.60. The zero-order valence-corrected chi connectivity index (χ0v) is 16.0. The number of hydrogen-bond acceptors (Lipinski definition) is 6. The molecule has 2 aliphatic rings. The maximum atomic E-state index is 12.8. The Morgan fingerprint density at radius 3 is 2.59 bits per heavy atom. The minimum atomic E-state index is -0.0460. The van der Waals surface area contributed by atoms with E-state index in [1.165, 1.54) is 5.69 Å². The smallest absolute Gasteiger partial charge is 0.276 e. The van der Waals surface area contributed by atoms with E-state index < -0.39 is 0 Å². The van der Waals surface area contributed by atoms with Crippen molar-refractivity contribution in [2.24, 2.45) is 0 Å². The van der Waals surface area contributed by atoms with Crippen molar-refractivity contribution in [3.63, 3.8) is 0 Å². The molecule has 2 saturated heterocycles. The second kappa shape index (κ2) is 7.64. The van der Waals surface area contributed by atoms with Gasteiger partial charge in [-0.1, -0.05) is 5.21 Å². The Bertz CT molecular complexity index is 786. The van der Waals surface area contributed by atoms with E-state index in [4.69, 9.17) is 4.74 Å². The molecule has 144 valence electrons. The Hall–Kier alpha value is -2.48. The van der Waals surface area contributed by atoms with Gasteiger partial charge in [-0.25, -0.2) is 4.68 Å². The summed E-state index contributed by atoms with van der Waals surface area (Å²) in [5.74, 6) is -0.0460. The summed E-state index contributed by atoms with van der Waals surface area (Å²) in [6, 6.07) is 4.20. The first-order valence-electron chi connectivity index (χ1n) is 9.60. The lowest BCUT2D eigenvalue weighted by molar-refractivity contribution is 0.0740. The van der Waals surface area contributed by atoms with Gasteiger partial charge < -0.3 is 14.5 Å². The lowest BCUT2D eigenvalue weighted by Gasteiger charge is -2.36. The molecule has 0 radical (unpaired) electrons. The maximum Gasteiger partial charge on any atom is 0.276 e. The van der Waals surface area contributed by atoms with Crippen LogP contribution >= 0.6 is 0 Å². The molecule has 1 amide bonds. The molecule has 2 aromatic rings. The minimum Gasteiger partial charge on any atom is -0.376 e. The van der Waals surface area contributed by atoms with Crippen LogP contribution in [0.4, 0.5) is 5.69 Å². The minimum absolute atomic E-state index is 0.0460. The van der Waals surface area contributed by atoms with Gasteiger partial charge in [0.1, 0.15) is 0 Å². The standard InChI is InChI=1S/C19H26N6O2/c1-14-10-16(11-15(2)20-14)23-5-7-24(8-6-23)19(26)18-13-25(22-21-18)12-17-4-3-9-27-17/h10-11,13,17H,3-9,12H2,1-2H3. The quantitative estimate of drug-likeness (QED) is 0.810. The summed E-state index contributed by atoms with van der Waals surface area (Å²) in [6.07, 6.45) is 4.06. The van der Waals surface area contributed by atoms with Gasteiger partial charge in [-0.3, -0.25) is 9.78 Å². The molecule has 2 aliphatic heterocycles. The number of pyridine rings is 1. The highest BCUT2D eigenvalue weighted by Gasteiger charge is 2.25. The van der Waals surface area contributed by atoms with E-state index in [0.29, 0.717) is 25.3 Å². The van der Waals surface area contributed by atoms with Crippen molar-refractivity contribution in [2.75, 3.05) is 37.7 Å². The number of piperazine rings is 1. The lowest BCUT2D eigenvalue weighted by atomic mass is 10.2. The summed E-state index contributed by atoms with van der Waals surface area (Å²) in [7, 11) is 0. The van der Waals surface area contributed by atoms with Crippen LogP contribution in [-0.2, 0) is 11.3 Å². The SMILES string of the molecule is Cc1cc(N2CCN(C(=O)c3cn(CC4CCCO4)nn3)CC2)cc(C)n1. The highest BCUT2D eigenvalue weighted by molar-refractivity contribution is 5.92.